The van der Waals surface area contributed by atoms with E-state index in [0.29, 0.717) is 37.2 Å². The molecule has 0 aliphatic carbocycles. The molecule has 9 heteroatoms. The summed E-state index contributed by atoms with van der Waals surface area (Å²) in [5.41, 5.74) is 2.59. The predicted molar refractivity (Wildman–Crippen MR) is 149 cm³/mol. The van der Waals surface area contributed by atoms with Crippen LogP contribution in [0.15, 0.2) is 36.7 Å². The van der Waals surface area contributed by atoms with E-state index in [-0.39, 0.29) is 6.10 Å². The van der Waals surface area contributed by atoms with Gasteiger partial charge in [0.05, 0.1) is 6.10 Å². The van der Waals surface area contributed by atoms with Crippen LogP contribution in [0.5, 0.6) is 0 Å². The van der Waals surface area contributed by atoms with Crippen LogP contribution < -0.4 is 15.1 Å². The van der Waals surface area contributed by atoms with Gasteiger partial charge in [0.1, 0.15) is 17.7 Å². The molecule has 0 spiro atoms. The summed E-state index contributed by atoms with van der Waals surface area (Å²) in [6.45, 7) is 7.94. The van der Waals surface area contributed by atoms with Gasteiger partial charge < -0.3 is 25.0 Å². The van der Waals surface area contributed by atoms with Gasteiger partial charge in [0.2, 0.25) is 5.95 Å². The number of nitrogens with one attached hydrogen (secondary N) is 1. The second-order valence-electron chi connectivity index (χ2n) is 10.1. The van der Waals surface area contributed by atoms with Gasteiger partial charge in [0, 0.05) is 62.7 Å². The Kier molecular flexibility index (Phi) is 7.50. The number of nitrogens with zero attached hydrogens (tertiary/aromatic N) is 5. The first-order valence-corrected chi connectivity index (χ1v) is 14.1. The number of anilines is 4. The molecule has 1 aromatic carbocycles. The second kappa shape index (κ2) is 10.8. The summed E-state index contributed by atoms with van der Waals surface area (Å²) in [5, 5.41) is 16.0. The fraction of sp³-hybridized carbons (Fsp3) is 0.519. The third-order valence-corrected chi connectivity index (χ3v) is 8.05. The van der Waals surface area contributed by atoms with Gasteiger partial charge in [-0.05, 0) is 53.5 Å². The molecule has 2 aliphatic rings. The maximum Gasteiger partial charge on any atom is 0.227 e. The molecule has 4 heterocycles. The lowest BCUT2D eigenvalue weighted by atomic mass is 9.93. The average molecular weight is 509 g/mol. The first-order valence-electron chi connectivity index (χ1n) is 12.7. The minimum Gasteiger partial charge on any atom is -0.390 e. The molecule has 2 aliphatic heterocycles. The number of aliphatic hydroxyl groups is 1. The summed E-state index contributed by atoms with van der Waals surface area (Å²) < 4.78 is 5.43. The van der Waals surface area contributed by atoms with Crippen molar-refractivity contribution in [2.75, 3.05) is 60.4 Å². The smallest absolute Gasteiger partial charge is 0.227 e. The molecule has 2 fully saturated rings. The summed E-state index contributed by atoms with van der Waals surface area (Å²) >= 11 is 1.93. The number of thioether (sulfide) groups is 1. The Morgan fingerprint density at radius 2 is 1.94 bits per heavy atom. The highest BCUT2D eigenvalue weighted by molar-refractivity contribution is 7.98. The highest BCUT2D eigenvalue weighted by atomic mass is 32.2. The number of piperidine rings is 1. The van der Waals surface area contributed by atoms with Crippen LogP contribution in [0.2, 0.25) is 0 Å². The molecule has 192 valence electrons. The molecule has 5 rings (SSSR count). The monoisotopic (exact) mass is 508 g/mol. The maximum absolute atomic E-state index is 10.1. The minimum atomic E-state index is -0.456. The van der Waals surface area contributed by atoms with E-state index in [4.69, 9.17) is 14.7 Å². The summed E-state index contributed by atoms with van der Waals surface area (Å²) in [6, 6.07) is 8.54. The Morgan fingerprint density at radius 1 is 1.11 bits per heavy atom. The quantitative estimate of drug-likeness (QED) is 0.463. The number of aromatic nitrogens is 3. The lowest BCUT2D eigenvalue weighted by Crippen LogP contribution is -2.48. The molecule has 0 bridgehead atoms. The standard InChI is InChI=1S/C27H36N6O2S/c1-17(2)19-5-6-22(33-13-18(14-33)16-36-4)21-12-29-26(11-20(19)21)30-25-7-9-28-27(31-25)32-10-8-23(34)24(15-32)35-3/h5-7,9,11-12,17-18,23-24,34H,8,10,13-16H2,1-4H3,(H,28,29,30,31). The summed E-state index contributed by atoms with van der Waals surface area (Å²) in [5.74, 6) is 4.47. The average Bonchev–Trinajstić information content (AvgIpc) is 2.85. The molecular formula is C27H36N6O2S. The number of fused-ring (bicyclic) bond motifs is 1. The Hall–Kier alpha value is -2.62. The van der Waals surface area contributed by atoms with Crippen LogP contribution in [0.3, 0.4) is 0 Å². The summed E-state index contributed by atoms with van der Waals surface area (Å²) in [7, 11) is 1.63. The lowest BCUT2D eigenvalue weighted by Gasteiger charge is -2.41. The Bertz CT molecular complexity index is 1200. The zero-order chi connectivity index (χ0) is 25.2. The van der Waals surface area contributed by atoms with Crippen molar-refractivity contribution in [2.45, 2.75) is 38.4 Å². The van der Waals surface area contributed by atoms with Crippen LogP contribution in [0.1, 0.15) is 31.7 Å². The number of aliphatic hydroxyl groups excluding tert-OH is 1. The molecule has 2 atom stereocenters. The van der Waals surface area contributed by atoms with E-state index in [0.717, 1.165) is 24.8 Å². The fourth-order valence-corrected chi connectivity index (χ4v) is 5.90. The van der Waals surface area contributed by atoms with E-state index in [1.807, 2.05) is 24.0 Å². The Labute approximate surface area is 217 Å². The lowest BCUT2D eigenvalue weighted by molar-refractivity contribution is -0.0208. The first-order chi connectivity index (χ1) is 17.5. The molecular weight excluding hydrogens is 472 g/mol. The van der Waals surface area contributed by atoms with Gasteiger partial charge in [-0.3, -0.25) is 0 Å². The topological polar surface area (TPSA) is 86.6 Å². The van der Waals surface area contributed by atoms with Crippen molar-refractivity contribution < 1.29 is 9.84 Å². The Morgan fingerprint density at radius 3 is 2.69 bits per heavy atom. The van der Waals surface area contributed by atoms with Crippen molar-refractivity contribution in [3.8, 4) is 0 Å². The predicted octanol–water partition coefficient (Wildman–Crippen LogP) is 4.28. The second-order valence-corrected chi connectivity index (χ2v) is 11.0. The number of benzene rings is 1. The van der Waals surface area contributed by atoms with Crippen LogP contribution in [0, 0.1) is 5.92 Å². The fourth-order valence-electron chi connectivity index (χ4n) is 5.22. The van der Waals surface area contributed by atoms with Gasteiger partial charge in [-0.15, -0.1) is 0 Å². The van der Waals surface area contributed by atoms with E-state index in [9.17, 15) is 5.11 Å². The van der Waals surface area contributed by atoms with Crippen molar-refractivity contribution in [2.24, 2.45) is 5.92 Å². The van der Waals surface area contributed by atoms with Crippen molar-refractivity contribution >= 4 is 45.8 Å². The number of hydrogen-bond donors (Lipinski definition) is 2. The molecule has 2 saturated heterocycles. The third-order valence-electron chi connectivity index (χ3n) is 7.24. The van der Waals surface area contributed by atoms with E-state index in [1.54, 1.807) is 13.3 Å². The number of methoxy groups -OCH3 is 1. The van der Waals surface area contributed by atoms with Crippen LogP contribution >= 0.6 is 11.8 Å². The van der Waals surface area contributed by atoms with Gasteiger partial charge in [-0.25, -0.2) is 9.97 Å². The Balaban J connectivity index is 1.39. The van der Waals surface area contributed by atoms with Gasteiger partial charge in [-0.1, -0.05) is 19.9 Å². The SMILES string of the molecule is COC1CN(c2nccc(Nc3cc4c(C(C)C)ccc(N5CC(CSC)C5)c4cn3)n2)CCC1O. The van der Waals surface area contributed by atoms with Gasteiger partial charge >= 0.3 is 0 Å². The molecule has 8 nitrogen and oxygen atoms in total. The van der Waals surface area contributed by atoms with Gasteiger partial charge in [-0.2, -0.15) is 16.7 Å². The number of rotatable bonds is 8. The molecule has 2 N–H and O–H groups in total. The number of hydrogen-bond acceptors (Lipinski definition) is 9. The molecule has 3 aromatic rings. The van der Waals surface area contributed by atoms with E-state index >= 15 is 0 Å². The molecule has 0 radical (unpaired) electrons. The molecule has 2 aromatic heterocycles. The van der Waals surface area contributed by atoms with Crippen LogP contribution in [-0.4, -0.2) is 77.6 Å². The third kappa shape index (κ3) is 5.10. The summed E-state index contributed by atoms with van der Waals surface area (Å²) in [4.78, 5) is 18.5. The first kappa shape index (κ1) is 25.0. The number of pyridine rings is 1. The van der Waals surface area contributed by atoms with Crippen LogP contribution in [0.25, 0.3) is 10.8 Å². The molecule has 2 unspecified atom stereocenters. The van der Waals surface area contributed by atoms with Crippen LogP contribution in [0.4, 0.5) is 23.3 Å². The van der Waals surface area contributed by atoms with Crippen molar-refractivity contribution in [3.05, 3.63) is 42.2 Å². The van der Waals surface area contributed by atoms with E-state index in [2.05, 4.69) is 58.4 Å². The normalized spacial score (nSPS) is 20.7. The minimum absolute atomic E-state index is 0.243. The zero-order valence-corrected chi connectivity index (χ0v) is 22.3. The summed E-state index contributed by atoms with van der Waals surface area (Å²) in [6.07, 6.45) is 5.86. The highest BCUT2D eigenvalue weighted by Gasteiger charge is 2.29. The van der Waals surface area contributed by atoms with Gasteiger partial charge in [0.25, 0.3) is 0 Å². The van der Waals surface area contributed by atoms with Crippen LogP contribution in [-0.2, 0) is 4.74 Å². The van der Waals surface area contributed by atoms with E-state index in [1.165, 1.54) is 27.8 Å². The van der Waals surface area contributed by atoms with Gasteiger partial charge in [0.15, 0.2) is 0 Å². The van der Waals surface area contributed by atoms with Crippen molar-refractivity contribution in [1.82, 2.24) is 15.0 Å². The zero-order valence-electron chi connectivity index (χ0n) is 21.5. The van der Waals surface area contributed by atoms with Crippen molar-refractivity contribution in [1.29, 1.82) is 0 Å². The molecule has 0 amide bonds. The number of ether oxygens (including phenoxy) is 1. The largest absolute Gasteiger partial charge is 0.390 e. The maximum atomic E-state index is 10.1. The van der Waals surface area contributed by atoms with Crippen molar-refractivity contribution in [3.63, 3.8) is 0 Å². The van der Waals surface area contributed by atoms with E-state index < -0.39 is 6.10 Å². The molecule has 0 saturated carbocycles. The molecule has 36 heavy (non-hydrogen) atoms. The highest BCUT2D eigenvalue weighted by Crippen LogP contribution is 2.37.